The van der Waals surface area contributed by atoms with Crippen molar-refractivity contribution in [2.24, 2.45) is 0 Å². The molecule has 0 aliphatic heterocycles. The summed E-state index contributed by atoms with van der Waals surface area (Å²) in [4.78, 5) is 12.1. The fourth-order valence-electron chi connectivity index (χ4n) is 1.61. The number of rotatable bonds is 4. The molecule has 0 saturated carbocycles. The number of Topliss-reactive ketones (excluding diaryl/α,β-unsaturated/α-hetero) is 1. The van der Waals surface area contributed by atoms with Gasteiger partial charge in [0.15, 0.2) is 6.10 Å². The molecule has 2 aromatic rings. The van der Waals surface area contributed by atoms with Gasteiger partial charge in [0.2, 0.25) is 5.78 Å². The third-order valence-corrected chi connectivity index (χ3v) is 2.81. The Kier molecular flexibility index (Phi) is 4.00. The first kappa shape index (κ1) is 12.7. The number of ketones is 1. The zero-order chi connectivity index (χ0) is 13.0. The second-order valence-electron chi connectivity index (χ2n) is 3.94. The summed E-state index contributed by atoms with van der Waals surface area (Å²) >= 11 is 5.78. The molecule has 2 nitrogen and oxygen atoms in total. The van der Waals surface area contributed by atoms with Gasteiger partial charge >= 0.3 is 0 Å². The minimum atomic E-state index is -0.520. The Morgan fingerprint density at radius 1 is 1.06 bits per heavy atom. The summed E-state index contributed by atoms with van der Waals surface area (Å²) in [5, 5.41) is 0.643. The number of halogens is 1. The zero-order valence-corrected chi connectivity index (χ0v) is 10.7. The van der Waals surface area contributed by atoms with Crippen molar-refractivity contribution in [1.82, 2.24) is 0 Å². The predicted molar refractivity (Wildman–Crippen MR) is 72.3 cm³/mol. The van der Waals surface area contributed by atoms with Crippen molar-refractivity contribution in [1.29, 1.82) is 0 Å². The number of carbonyl (C=O) groups excluding carboxylic acids is 1. The summed E-state index contributed by atoms with van der Waals surface area (Å²) in [6.45, 7) is 1.74. The van der Waals surface area contributed by atoms with E-state index in [-0.39, 0.29) is 5.78 Å². The van der Waals surface area contributed by atoms with Gasteiger partial charge in [0.25, 0.3) is 0 Å². The van der Waals surface area contributed by atoms with Gasteiger partial charge in [0.1, 0.15) is 5.75 Å². The topological polar surface area (TPSA) is 26.3 Å². The van der Waals surface area contributed by atoms with Gasteiger partial charge in [-0.2, -0.15) is 0 Å². The Morgan fingerprint density at radius 3 is 2.28 bits per heavy atom. The average Bonchev–Trinajstić information content (AvgIpc) is 2.41. The van der Waals surface area contributed by atoms with Gasteiger partial charge in [-0.3, -0.25) is 4.79 Å². The van der Waals surface area contributed by atoms with Crippen molar-refractivity contribution in [3.05, 3.63) is 65.2 Å². The smallest absolute Gasteiger partial charge is 0.202 e. The lowest BCUT2D eigenvalue weighted by atomic mass is 10.1. The number of ether oxygens (including phenoxy) is 1. The molecule has 0 amide bonds. The Hall–Kier alpha value is -1.80. The van der Waals surface area contributed by atoms with Crippen LogP contribution in [0.5, 0.6) is 5.75 Å². The van der Waals surface area contributed by atoms with Crippen LogP contribution in [-0.4, -0.2) is 11.9 Å². The first-order valence-corrected chi connectivity index (χ1v) is 6.06. The van der Waals surface area contributed by atoms with Gasteiger partial charge in [-0.05, 0) is 31.2 Å². The first-order chi connectivity index (χ1) is 8.66. The van der Waals surface area contributed by atoms with Crippen LogP contribution in [0.1, 0.15) is 17.3 Å². The molecule has 2 rings (SSSR count). The standard InChI is InChI=1S/C15H13ClO2/c1-11(15(17)12-5-3-2-4-6-12)18-14-9-7-13(16)8-10-14/h2-11H,1H3. The van der Waals surface area contributed by atoms with Gasteiger partial charge in [0, 0.05) is 10.6 Å². The average molecular weight is 261 g/mol. The van der Waals surface area contributed by atoms with E-state index in [0.717, 1.165) is 0 Å². The normalized spacial score (nSPS) is 11.9. The Labute approximate surface area is 111 Å². The van der Waals surface area contributed by atoms with Crippen molar-refractivity contribution >= 4 is 17.4 Å². The molecule has 0 radical (unpaired) electrons. The molecule has 0 aliphatic rings. The highest BCUT2D eigenvalue weighted by Gasteiger charge is 2.16. The van der Waals surface area contributed by atoms with E-state index in [1.807, 2.05) is 18.2 Å². The quantitative estimate of drug-likeness (QED) is 0.777. The summed E-state index contributed by atoms with van der Waals surface area (Å²) < 4.78 is 5.58. The largest absolute Gasteiger partial charge is 0.483 e. The Bertz CT molecular complexity index is 520. The number of hydrogen-bond acceptors (Lipinski definition) is 2. The van der Waals surface area contributed by atoms with Gasteiger partial charge in [0.05, 0.1) is 0 Å². The number of carbonyl (C=O) groups is 1. The Morgan fingerprint density at radius 2 is 1.67 bits per heavy atom. The molecule has 0 fully saturated rings. The van der Waals surface area contributed by atoms with Crippen LogP contribution in [0.15, 0.2) is 54.6 Å². The summed E-state index contributed by atoms with van der Waals surface area (Å²) in [6.07, 6.45) is -0.520. The molecular weight excluding hydrogens is 248 g/mol. The molecule has 3 heteroatoms. The fraction of sp³-hybridized carbons (Fsp3) is 0.133. The zero-order valence-electron chi connectivity index (χ0n) is 9.97. The monoisotopic (exact) mass is 260 g/mol. The summed E-state index contributed by atoms with van der Waals surface area (Å²) in [6, 6.07) is 16.1. The summed E-state index contributed by atoms with van der Waals surface area (Å²) in [5.41, 5.74) is 0.652. The van der Waals surface area contributed by atoms with E-state index in [9.17, 15) is 4.79 Å². The number of benzene rings is 2. The molecular formula is C15H13ClO2. The molecule has 0 saturated heterocycles. The summed E-state index contributed by atoms with van der Waals surface area (Å²) in [5.74, 6) is 0.599. The van der Waals surface area contributed by atoms with Crippen LogP contribution in [0.25, 0.3) is 0 Å². The molecule has 0 aromatic heterocycles. The van der Waals surface area contributed by atoms with Crippen LogP contribution in [0, 0.1) is 0 Å². The first-order valence-electron chi connectivity index (χ1n) is 5.68. The molecule has 1 unspecified atom stereocenters. The highest BCUT2D eigenvalue weighted by Crippen LogP contribution is 2.18. The van der Waals surface area contributed by atoms with Crippen LogP contribution < -0.4 is 4.74 Å². The van der Waals surface area contributed by atoms with Crippen LogP contribution in [0.2, 0.25) is 5.02 Å². The van der Waals surface area contributed by atoms with E-state index in [0.29, 0.717) is 16.3 Å². The second kappa shape index (κ2) is 5.69. The molecule has 0 N–H and O–H groups in total. The van der Waals surface area contributed by atoms with E-state index in [1.54, 1.807) is 43.3 Å². The second-order valence-corrected chi connectivity index (χ2v) is 4.38. The molecule has 1 atom stereocenters. The van der Waals surface area contributed by atoms with Crippen molar-refractivity contribution in [2.45, 2.75) is 13.0 Å². The SMILES string of the molecule is CC(Oc1ccc(Cl)cc1)C(=O)c1ccccc1. The molecule has 18 heavy (non-hydrogen) atoms. The minimum Gasteiger partial charge on any atom is -0.483 e. The van der Waals surface area contributed by atoms with E-state index in [4.69, 9.17) is 16.3 Å². The molecule has 92 valence electrons. The third-order valence-electron chi connectivity index (χ3n) is 2.55. The third kappa shape index (κ3) is 3.11. The van der Waals surface area contributed by atoms with Crippen LogP contribution in [0.4, 0.5) is 0 Å². The highest BCUT2D eigenvalue weighted by molar-refractivity contribution is 6.30. The minimum absolute atomic E-state index is 0.0365. The van der Waals surface area contributed by atoms with Gasteiger partial charge in [-0.15, -0.1) is 0 Å². The number of hydrogen-bond donors (Lipinski definition) is 0. The lowest BCUT2D eigenvalue weighted by Crippen LogP contribution is -2.23. The lowest BCUT2D eigenvalue weighted by Gasteiger charge is -2.13. The van der Waals surface area contributed by atoms with Crippen LogP contribution in [-0.2, 0) is 0 Å². The van der Waals surface area contributed by atoms with Crippen molar-refractivity contribution in [3.8, 4) is 5.75 Å². The van der Waals surface area contributed by atoms with Crippen molar-refractivity contribution in [2.75, 3.05) is 0 Å². The molecule has 0 bridgehead atoms. The van der Waals surface area contributed by atoms with E-state index in [1.165, 1.54) is 0 Å². The van der Waals surface area contributed by atoms with Crippen LogP contribution in [0.3, 0.4) is 0 Å². The van der Waals surface area contributed by atoms with E-state index >= 15 is 0 Å². The van der Waals surface area contributed by atoms with Gasteiger partial charge in [-0.1, -0.05) is 41.9 Å². The molecule has 0 spiro atoms. The molecule has 0 heterocycles. The maximum absolute atomic E-state index is 12.1. The van der Waals surface area contributed by atoms with Gasteiger partial charge in [-0.25, -0.2) is 0 Å². The lowest BCUT2D eigenvalue weighted by molar-refractivity contribution is 0.0818. The predicted octanol–water partition coefficient (Wildman–Crippen LogP) is 3.99. The van der Waals surface area contributed by atoms with Crippen molar-refractivity contribution < 1.29 is 9.53 Å². The maximum Gasteiger partial charge on any atom is 0.202 e. The maximum atomic E-state index is 12.1. The van der Waals surface area contributed by atoms with Crippen molar-refractivity contribution in [3.63, 3.8) is 0 Å². The van der Waals surface area contributed by atoms with E-state index < -0.39 is 6.10 Å². The highest BCUT2D eigenvalue weighted by atomic mass is 35.5. The summed E-state index contributed by atoms with van der Waals surface area (Å²) in [7, 11) is 0. The fourth-order valence-corrected chi connectivity index (χ4v) is 1.73. The van der Waals surface area contributed by atoms with E-state index in [2.05, 4.69) is 0 Å². The molecule has 0 aliphatic carbocycles. The van der Waals surface area contributed by atoms with Gasteiger partial charge < -0.3 is 4.74 Å². The molecule has 2 aromatic carbocycles. The van der Waals surface area contributed by atoms with Crippen LogP contribution >= 0.6 is 11.6 Å². The Balaban J connectivity index is 2.06.